The maximum Gasteiger partial charge on any atom is 0.227 e. The predicted octanol–water partition coefficient (Wildman–Crippen LogP) is 4.18. The number of rotatable bonds is 4. The molecule has 0 radical (unpaired) electrons. The molecule has 2 aromatic carbocycles. The first-order valence-electron chi connectivity index (χ1n) is 10.4. The number of benzene rings is 2. The van der Waals surface area contributed by atoms with E-state index in [1.54, 1.807) is 0 Å². The second-order valence-corrected chi connectivity index (χ2v) is 9.39. The second kappa shape index (κ2) is 9.15. The summed E-state index contributed by atoms with van der Waals surface area (Å²) in [5.74, 6) is 3.05. The highest BCUT2D eigenvalue weighted by Crippen LogP contribution is 2.33. The fraction of sp³-hybridized carbons (Fsp3) is 0.458. The summed E-state index contributed by atoms with van der Waals surface area (Å²) in [5, 5.41) is 0. The third kappa shape index (κ3) is 4.79. The number of thioether (sulfide) groups is 1. The van der Waals surface area contributed by atoms with Crippen LogP contribution in [0.25, 0.3) is 0 Å². The molecule has 2 aromatic rings. The van der Waals surface area contributed by atoms with Gasteiger partial charge in [-0.2, -0.15) is 11.8 Å². The Morgan fingerprint density at radius 1 is 1.04 bits per heavy atom. The van der Waals surface area contributed by atoms with Crippen LogP contribution in [0.2, 0.25) is 0 Å². The molecule has 0 N–H and O–H groups in total. The Kier molecular flexibility index (Phi) is 6.38. The number of carbonyl (C=O) groups is 1. The average molecular weight is 395 g/mol. The molecule has 2 atom stereocenters. The first-order chi connectivity index (χ1) is 13.7. The van der Waals surface area contributed by atoms with Crippen molar-refractivity contribution < 1.29 is 4.79 Å². The van der Waals surface area contributed by atoms with Crippen LogP contribution in [-0.4, -0.2) is 53.4 Å². The minimum atomic E-state index is 0.103. The molecule has 2 heterocycles. The van der Waals surface area contributed by atoms with Gasteiger partial charge in [-0.25, -0.2) is 0 Å². The summed E-state index contributed by atoms with van der Waals surface area (Å²) in [6.45, 7) is 6.80. The van der Waals surface area contributed by atoms with Gasteiger partial charge in [0.2, 0.25) is 5.91 Å². The highest BCUT2D eigenvalue weighted by Gasteiger charge is 2.35. The molecular formula is C24H30N2OS. The maximum atomic E-state index is 13.3. The van der Waals surface area contributed by atoms with Gasteiger partial charge in [0.15, 0.2) is 0 Å². The Hall–Kier alpha value is -1.78. The van der Waals surface area contributed by atoms with Crippen LogP contribution < -0.4 is 0 Å². The van der Waals surface area contributed by atoms with E-state index in [1.807, 2.05) is 11.8 Å². The first-order valence-corrected chi connectivity index (χ1v) is 11.5. The van der Waals surface area contributed by atoms with E-state index < -0.39 is 0 Å². The Bertz CT molecular complexity index is 788. The van der Waals surface area contributed by atoms with E-state index in [0.29, 0.717) is 11.8 Å². The summed E-state index contributed by atoms with van der Waals surface area (Å²) in [7, 11) is 0. The SMILES string of the molecule is Cc1cccc([C@@H]2C[C@H](C(=O)N3CCSCC3)CN(Cc3ccccc3)C2)c1. The molecule has 0 aromatic heterocycles. The first kappa shape index (κ1) is 19.5. The molecular weight excluding hydrogens is 364 g/mol. The Morgan fingerprint density at radius 3 is 2.57 bits per heavy atom. The Morgan fingerprint density at radius 2 is 1.82 bits per heavy atom. The molecule has 2 fully saturated rings. The molecule has 28 heavy (non-hydrogen) atoms. The molecule has 4 rings (SSSR count). The van der Waals surface area contributed by atoms with Gasteiger partial charge >= 0.3 is 0 Å². The van der Waals surface area contributed by atoms with Gasteiger partial charge in [0, 0.05) is 44.2 Å². The number of aryl methyl sites for hydroxylation is 1. The molecule has 148 valence electrons. The molecule has 4 heteroatoms. The highest BCUT2D eigenvalue weighted by atomic mass is 32.2. The molecule has 2 saturated heterocycles. The van der Waals surface area contributed by atoms with Crippen LogP contribution in [0.4, 0.5) is 0 Å². The number of nitrogens with zero attached hydrogens (tertiary/aromatic N) is 2. The minimum absolute atomic E-state index is 0.103. The van der Waals surface area contributed by atoms with Crippen molar-refractivity contribution in [1.82, 2.24) is 9.80 Å². The smallest absolute Gasteiger partial charge is 0.227 e. The van der Waals surface area contributed by atoms with Gasteiger partial charge in [0.05, 0.1) is 5.92 Å². The fourth-order valence-corrected chi connectivity index (χ4v) is 5.45. The average Bonchev–Trinajstić information content (AvgIpc) is 2.74. The molecule has 2 aliphatic rings. The van der Waals surface area contributed by atoms with Crippen LogP contribution in [0.15, 0.2) is 54.6 Å². The number of hydrogen-bond acceptors (Lipinski definition) is 3. The van der Waals surface area contributed by atoms with Crippen LogP contribution in [0, 0.1) is 12.8 Å². The van der Waals surface area contributed by atoms with Gasteiger partial charge in [0.1, 0.15) is 0 Å². The zero-order chi connectivity index (χ0) is 19.3. The number of amides is 1. The summed E-state index contributed by atoms with van der Waals surface area (Å²) in [4.78, 5) is 17.9. The predicted molar refractivity (Wildman–Crippen MR) is 118 cm³/mol. The van der Waals surface area contributed by atoms with Crippen molar-refractivity contribution in [2.24, 2.45) is 5.92 Å². The molecule has 2 aliphatic heterocycles. The summed E-state index contributed by atoms with van der Waals surface area (Å²) in [5.41, 5.74) is 4.01. The molecule has 0 spiro atoms. The molecule has 0 saturated carbocycles. The van der Waals surface area contributed by atoms with Gasteiger partial charge in [-0.1, -0.05) is 60.2 Å². The molecule has 0 unspecified atom stereocenters. The van der Waals surface area contributed by atoms with Crippen LogP contribution in [0.3, 0.4) is 0 Å². The number of carbonyl (C=O) groups excluding carboxylic acids is 1. The number of hydrogen-bond donors (Lipinski definition) is 0. The highest BCUT2D eigenvalue weighted by molar-refractivity contribution is 7.99. The van der Waals surface area contributed by atoms with Crippen molar-refractivity contribution in [3.63, 3.8) is 0 Å². The Balaban J connectivity index is 1.54. The maximum absolute atomic E-state index is 13.3. The second-order valence-electron chi connectivity index (χ2n) is 8.16. The third-order valence-corrected chi connectivity index (χ3v) is 6.90. The van der Waals surface area contributed by atoms with Crippen molar-refractivity contribution in [3.05, 3.63) is 71.3 Å². The summed E-state index contributed by atoms with van der Waals surface area (Å²) in [6, 6.07) is 19.5. The minimum Gasteiger partial charge on any atom is -0.341 e. The fourth-order valence-electron chi connectivity index (χ4n) is 4.55. The van der Waals surface area contributed by atoms with Gasteiger partial charge in [-0.15, -0.1) is 0 Å². The largest absolute Gasteiger partial charge is 0.341 e. The normalized spacial score (nSPS) is 23.5. The summed E-state index contributed by atoms with van der Waals surface area (Å²) in [6.07, 6.45) is 0.969. The lowest BCUT2D eigenvalue weighted by molar-refractivity contribution is -0.137. The van der Waals surface area contributed by atoms with Crippen molar-refractivity contribution in [1.29, 1.82) is 0 Å². The molecule has 3 nitrogen and oxygen atoms in total. The quantitative estimate of drug-likeness (QED) is 0.777. The van der Waals surface area contributed by atoms with E-state index >= 15 is 0 Å². The standard InChI is InChI=1S/C24H30N2OS/c1-19-6-5-9-21(14-19)22-15-23(24(27)26-10-12-28-13-11-26)18-25(17-22)16-20-7-3-2-4-8-20/h2-9,14,22-23H,10-13,15-18H2,1H3/t22-,23+/m1/s1. The zero-order valence-corrected chi connectivity index (χ0v) is 17.5. The molecule has 0 aliphatic carbocycles. The van der Waals surface area contributed by atoms with E-state index in [0.717, 1.165) is 50.7 Å². The summed E-state index contributed by atoms with van der Waals surface area (Å²) >= 11 is 1.96. The van der Waals surface area contributed by atoms with Crippen LogP contribution in [-0.2, 0) is 11.3 Å². The van der Waals surface area contributed by atoms with E-state index in [9.17, 15) is 4.79 Å². The van der Waals surface area contributed by atoms with Crippen molar-refractivity contribution in [2.75, 3.05) is 37.7 Å². The number of piperidine rings is 1. The van der Waals surface area contributed by atoms with Gasteiger partial charge in [-0.05, 0) is 30.4 Å². The van der Waals surface area contributed by atoms with E-state index in [1.165, 1.54) is 16.7 Å². The lowest BCUT2D eigenvalue weighted by Crippen LogP contribution is -2.48. The van der Waals surface area contributed by atoms with Crippen LogP contribution in [0.1, 0.15) is 29.0 Å². The van der Waals surface area contributed by atoms with Crippen molar-refractivity contribution in [2.45, 2.75) is 25.8 Å². The zero-order valence-electron chi connectivity index (χ0n) is 16.7. The van der Waals surface area contributed by atoms with E-state index in [-0.39, 0.29) is 5.92 Å². The van der Waals surface area contributed by atoms with E-state index in [4.69, 9.17) is 0 Å². The number of likely N-dealkylation sites (tertiary alicyclic amines) is 1. The monoisotopic (exact) mass is 394 g/mol. The molecule has 1 amide bonds. The topological polar surface area (TPSA) is 23.6 Å². The van der Waals surface area contributed by atoms with Crippen molar-refractivity contribution >= 4 is 17.7 Å². The Labute approximate surface area is 173 Å². The third-order valence-electron chi connectivity index (χ3n) is 5.96. The van der Waals surface area contributed by atoms with Gasteiger partial charge in [-0.3, -0.25) is 9.69 Å². The van der Waals surface area contributed by atoms with Crippen LogP contribution >= 0.6 is 11.8 Å². The summed E-state index contributed by atoms with van der Waals surface area (Å²) < 4.78 is 0. The lowest BCUT2D eigenvalue weighted by atomic mass is 9.83. The van der Waals surface area contributed by atoms with Gasteiger partial charge in [0.25, 0.3) is 0 Å². The van der Waals surface area contributed by atoms with E-state index in [2.05, 4.69) is 71.3 Å². The lowest BCUT2D eigenvalue weighted by Gasteiger charge is -2.40. The van der Waals surface area contributed by atoms with Crippen molar-refractivity contribution in [3.8, 4) is 0 Å². The van der Waals surface area contributed by atoms with Crippen LogP contribution in [0.5, 0.6) is 0 Å². The van der Waals surface area contributed by atoms with Gasteiger partial charge < -0.3 is 4.90 Å². The molecule has 0 bridgehead atoms.